The first-order chi connectivity index (χ1) is 15.2. The zero-order valence-corrected chi connectivity index (χ0v) is 17.7. The van der Waals surface area contributed by atoms with Gasteiger partial charge in [0.25, 0.3) is 5.91 Å². The number of anilines is 2. The van der Waals surface area contributed by atoms with Crippen LogP contribution in [0.2, 0.25) is 0 Å². The second-order valence-electron chi connectivity index (χ2n) is 8.23. The SMILES string of the molecule is CCC(C(=O)Nc1ccc(N2CCCC2)c2ncccc12)N1Cc2ccccc2C1=O. The molecule has 1 N–H and O–H groups in total. The second kappa shape index (κ2) is 8.02. The molecular weight excluding hydrogens is 388 g/mol. The Bertz CT molecular complexity index is 1150. The van der Waals surface area contributed by atoms with Crippen LogP contribution in [0.1, 0.15) is 42.1 Å². The molecule has 1 saturated heterocycles. The monoisotopic (exact) mass is 414 g/mol. The van der Waals surface area contributed by atoms with Gasteiger partial charge in [-0.25, -0.2) is 0 Å². The van der Waals surface area contributed by atoms with Crippen LogP contribution in [0.4, 0.5) is 11.4 Å². The standard InChI is InChI=1S/C25H26N4O2/c1-2-21(29-16-17-8-3-4-9-18(17)25(29)31)24(30)27-20-11-12-22(28-14-5-6-15-28)23-19(20)10-7-13-26-23/h3-4,7-13,21H,2,5-6,14-16H2,1H3,(H,27,30). The Kier molecular flexibility index (Phi) is 5.06. The molecule has 6 heteroatoms. The number of fused-ring (bicyclic) bond motifs is 2. The lowest BCUT2D eigenvalue weighted by molar-refractivity contribution is -0.120. The van der Waals surface area contributed by atoms with Crippen LogP contribution in [0.5, 0.6) is 0 Å². The van der Waals surface area contributed by atoms with E-state index in [2.05, 4.69) is 15.2 Å². The molecule has 2 aliphatic heterocycles. The Morgan fingerprint density at radius 1 is 1.10 bits per heavy atom. The molecule has 5 rings (SSSR count). The van der Waals surface area contributed by atoms with Crippen molar-refractivity contribution in [2.75, 3.05) is 23.3 Å². The Hall–Kier alpha value is -3.41. The lowest BCUT2D eigenvalue weighted by atomic mass is 10.1. The van der Waals surface area contributed by atoms with Crippen molar-refractivity contribution in [2.24, 2.45) is 0 Å². The molecule has 3 heterocycles. The fraction of sp³-hybridized carbons (Fsp3) is 0.320. The van der Waals surface area contributed by atoms with Crippen molar-refractivity contribution < 1.29 is 9.59 Å². The van der Waals surface area contributed by atoms with Crippen LogP contribution in [0.15, 0.2) is 54.7 Å². The summed E-state index contributed by atoms with van der Waals surface area (Å²) in [5.41, 5.74) is 4.42. The lowest BCUT2D eigenvalue weighted by Crippen LogP contribution is -2.43. The number of carbonyl (C=O) groups excluding carboxylic acids is 2. The van der Waals surface area contributed by atoms with Crippen LogP contribution in [0.3, 0.4) is 0 Å². The Balaban J connectivity index is 1.42. The maximum Gasteiger partial charge on any atom is 0.255 e. The summed E-state index contributed by atoms with van der Waals surface area (Å²) in [5.74, 6) is -0.240. The van der Waals surface area contributed by atoms with Gasteiger partial charge in [-0.15, -0.1) is 0 Å². The molecule has 1 fully saturated rings. The first-order valence-electron chi connectivity index (χ1n) is 11.0. The van der Waals surface area contributed by atoms with E-state index in [1.807, 2.05) is 55.5 Å². The number of aromatic nitrogens is 1. The topological polar surface area (TPSA) is 65.5 Å². The molecule has 0 saturated carbocycles. The van der Waals surface area contributed by atoms with Gasteiger partial charge in [-0.3, -0.25) is 14.6 Å². The van der Waals surface area contributed by atoms with Crippen molar-refractivity contribution >= 4 is 34.1 Å². The van der Waals surface area contributed by atoms with Gasteiger partial charge in [0.15, 0.2) is 0 Å². The predicted octanol–water partition coefficient (Wildman–Crippen LogP) is 4.21. The smallest absolute Gasteiger partial charge is 0.255 e. The quantitative estimate of drug-likeness (QED) is 0.679. The summed E-state index contributed by atoms with van der Waals surface area (Å²) in [6, 6.07) is 15.0. The molecule has 158 valence electrons. The number of amides is 2. The maximum absolute atomic E-state index is 13.3. The summed E-state index contributed by atoms with van der Waals surface area (Å²) in [6.07, 6.45) is 4.73. The third kappa shape index (κ3) is 3.42. The highest BCUT2D eigenvalue weighted by atomic mass is 16.2. The molecule has 3 aromatic rings. The van der Waals surface area contributed by atoms with Gasteiger partial charge in [-0.1, -0.05) is 25.1 Å². The summed E-state index contributed by atoms with van der Waals surface area (Å²) in [6.45, 7) is 4.48. The number of carbonyl (C=O) groups is 2. The van der Waals surface area contributed by atoms with Gasteiger partial charge in [0, 0.05) is 36.8 Å². The molecule has 2 aromatic carbocycles. The zero-order chi connectivity index (χ0) is 21.4. The first kappa shape index (κ1) is 19.5. The van der Waals surface area contributed by atoms with Crippen molar-refractivity contribution in [3.05, 3.63) is 65.9 Å². The molecule has 1 unspecified atom stereocenters. The number of hydrogen-bond acceptors (Lipinski definition) is 4. The van der Waals surface area contributed by atoms with E-state index in [1.165, 1.54) is 12.8 Å². The minimum absolute atomic E-state index is 0.0755. The van der Waals surface area contributed by atoms with Gasteiger partial charge < -0.3 is 15.1 Å². The molecular formula is C25H26N4O2. The van der Waals surface area contributed by atoms with Crippen LogP contribution in [-0.2, 0) is 11.3 Å². The van der Waals surface area contributed by atoms with Crippen LogP contribution < -0.4 is 10.2 Å². The largest absolute Gasteiger partial charge is 0.370 e. The normalized spacial score (nSPS) is 16.6. The minimum atomic E-state index is -0.523. The average Bonchev–Trinajstić information content (AvgIpc) is 3.44. The van der Waals surface area contributed by atoms with Gasteiger partial charge >= 0.3 is 0 Å². The van der Waals surface area contributed by atoms with Crippen molar-refractivity contribution in [2.45, 2.75) is 38.8 Å². The molecule has 0 aliphatic carbocycles. The molecule has 0 bridgehead atoms. The van der Waals surface area contributed by atoms with Crippen molar-refractivity contribution in [1.82, 2.24) is 9.88 Å². The van der Waals surface area contributed by atoms with E-state index in [0.717, 1.165) is 40.9 Å². The van der Waals surface area contributed by atoms with E-state index in [4.69, 9.17) is 0 Å². The predicted molar refractivity (Wildman–Crippen MR) is 122 cm³/mol. The molecule has 6 nitrogen and oxygen atoms in total. The van der Waals surface area contributed by atoms with E-state index < -0.39 is 6.04 Å². The third-order valence-corrected chi connectivity index (χ3v) is 6.37. The Labute approximate surface area is 181 Å². The number of pyridine rings is 1. The highest BCUT2D eigenvalue weighted by Gasteiger charge is 2.35. The second-order valence-corrected chi connectivity index (χ2v) is 8.23. The molecule has 1 atom stereocenters. The third-order valence-electron chi connectivity index (χ3n) is 6.37. The van der Waals surface area contributed by atoms with E-state index in [-0.39, 0.29) is 11.8 Å². The Morgan fingerprint density at radius 3 is 2.68 bits per heavy atom. The van der Waals surface area contributed by atoms with Gasteiger partial charge in [-0.2, -0.15) is 0 Å². The number of nitrogens with one attached hydrogen (secondary N) is 1. The van der Waals surface area contributed by atoms with Crippen LogP contribution in [-0.4, -0.2) is 40.8 Å². The fourth-order valence-electron chi connectivity index (χ4n) is 4.77. The number of hydrogen-bond donors (Lipinski definition) is 1. The number of nitrogens with zero attached hydrogens (tertiary/aromatic N) is 3. The maximum atomic E-state index is 13.3. The molecule has 1 aromatic heterocycles. The van der Waals surface area contributed by atoms with E-state index in [1.54, 1.807) is 11.1 Å². The van der Waals surface area contributed by atoms with Crippen LogP contribution in [0, 0.1) is 0 Å². The summed E-state index contributed by atoms with van der Waals surface area (Å²) in [4.78, 5) is 34.8. The minimum Gasteiger partial charge on any atom is -0.370 e. The highest BCUT2D eigenvalue weighted by molar-refractivity contribution is 6.08. The average molecular weight is 415 g/mol. The Morgan fingerprint density at radius 2 is 1.90 bits per heavy atom. The fourth-order valence-corrected chi connectivity index (χ4v) is 4.77. The lowest BCUT2D eigenvalue weighted by Gasteiger charge is -2.26. The summed E-state index contributed by atoms with van der Waals surface area (Å²) in [7, 11) is 0. The van der Waals surface area contributed by atoms with E-state index in [0.29, 0.717) is 18.5 Å². The van der Waals surface area contributed by atoms with Gasteiger partial charge in [0.05, 0.1) is 16.9 Å². The summed E-state index contributed by atoms with van der Waals surface area (Å²) in [5, 5.41) is 4.01. The van der Waals surface area contributed by atoms with Crippen molar-refractivity contribution in [3.63, 3.8) is 0 Å². The van der Waals surface area contributed by atoms with Crippen molar-refractivity contribution in [1.29, 1.82) is 0 Å². The zero-order valence-electron chi connectivity index (χ0n) is 17.7. The molecule has 31 heavy (non-hydrogen) atoms. The molecule has 2 amide bonds. The van der Waals surface area contributed by atoms with E-state index >= 15 is 0 Å². The number of rotatable bonds is 5. The summed E-state index contributed by atoms with van der Waals surface area (Å²) < 4.78 is 0. The first-order valence-corrected chi connectivity index (χ1v) is 11.0. The van der Waals surface area contributed by atoms with Gasteiger partial charge in [0.1, 0.15) is 6.04 Å². The molecule has 0 spiro atoms. The summed E-state index contributed by atoms with van der Waals surface area (Å²) >= 11 is 0. The van der Waals surface area contributed by atoms with Crippen molar-refractivity contribution in [3.8, 4) is 0 Å². The van der Waals surface area contributed by atoms with Crippen LogP contribution in [0.25, 0.3) is 10.9 Å². The van der Waals surface area contributed by atoms with Crippen LogP contribution >= 0.6 is 0 Å². The number of benzene rings is 2. The molecule has 2 aliphatic rings. The molecule has 0 radical (unpaired) electrons. The van der Waals surface area contributed by atoms with Gasteiger partial charge in [-0.05, 0) is 55.2 Å². The van der Waals surface area contributed by atoms with E-state index in [9.17, 15) is 9.59 Å². The van der Waals surface area contributed by atoms with Gasteiger partial charge in [0.2, 0.25) is 5.91 Å². The highest BCUT2D eigenvalue weighted by Crippen LogP contribution is 2.33.